The van der Waals surface area contributed by atoms with Crippen molar-refractivity contribution in [3.05, 3.63) is 29.8 Å². The Balaban J connectivity index is 2.54. The summed E-state index contributed by atoms with van der Waals surface area (Å²) >= 11 is 0. The first-order chi connectivity index (χ1) is 8.52. The molecule has 0 aliphatic rings. The minimum Gasteiger partial charge on any atom is -0.496 e. The molecule has 18 heavy (non-hydrogen) atoms. The number of ether oxygens (including phenoxy) is 1. The smallest absolute Gasteiger partial charge is 0.137 e. The highest BCUT2D eigenvalue weighted by molar-refractivity contribution is 5.81. The largest absolute Gasteiger partial charge is 0.496 e. The van der Waals surface area contributed by atoms with Crippen LogP contribution in [0, 0.1) is 11.8 Å². The number of ketones is 1. The van der Waals surface area contributed by atoms with Crippen LogP contribution in [-0.4, -0.2) is 12.9 Å². The molecule has 1 aromatic carbocycles. The summed E-state index contributed by atoms with van der Waals surface area (Å²) in [5, 5.41) is 0. The number of para-hydroxylation sites is 1. The van der Waals surface area contributed by atoms with E-state index in [1.54, 1.807) is 7.11 Å². The SMILES string of the molecule is COc1ccccc1CC(=O)CC(C)CC(C)C. The molecule has 1 aromatic rings. The second-order valence-electron chi connectivity index (χ2n) is 5.47. The van der Waals surface area contributed by atoms with Gasteiger partial charge in [-0.1, -0.05) is 39.0 Å². The summed E-state index contributed by atoms with van der Waals surface area (Å²) in [6.07, 6.45) is 2.25. The summed E-state index contributed by atoms with van der Waals surface area (Å²) < 4.78 is 5.26. The molecule has 0 aliphatic heterocycles. The molecule has 0 aromatic heterocycles. The first-order valence-corrected chi connectivity index (χ1v) is 6.66. The molecule has 1 atom stereocenters. The number of hydrogen-bond acceptors (Lipinski definition) is 2. The lowest BCUT2D eigenvalue weighted by atomic mass is 9.92. The van der Waals surface area contributed by atoms with Gasteiger partial charge in [0.1, 0.15) is 11.5 Å². The van der Waals surface area contributed by atoms with Crippen LogP contribution < -0.4 is 4.74 Å². The van der Waals surface area contributed by atoms with Crippen molar-refractivity contribution in [1.29, 1.82) is 0 Å². The van der Waals surface area contributed by atoms with Crippen LogP contribution in [0.5, 0.6) is 5.75 Å². The van der Waals surface area contributed by atoms with Gasteiger partial charge in [0.2, 0.25) is 0 Å². The zero-order chi connectivity index (χ0) is 13.5. The number of rotatable bonds is 7. The first-order valence-electron chi connectivity index (χ1n) is 6.66. The summed E-state index contributed by atoms with van der Waals surface area (Å²) in [5.74, 6) is 2.22. The molecule has 0 bridgehead atoms. The van der Waals surface area contributed by atoms with Gasteiger partial charge in [0.05, 0.1) is 7.11 Å². The highest BCUT2D eigenvalue weighted by Crippen LogP contribution is 2.20. The van der Waals surface area contributed by atoms with E-state index in [9.17, 15) is 4.79 Å². The van der Waals surface area contributed by atoms with Gasteiger partial charge in [-0.3, -0.25) is 4.79 Å². The Bertz CT molecular complexity index is 382. The molecule has 100 valence electrons. The van der Waals surface area contributed by atoms with Gasteiger partial charge >= 0.3 is 0 Å². The number of Topliss-reactive ketones (excluding diaryl/α,β-unsaturated/α-hetero) is 1. The molecular formula is C16H24O2. The van der Waals surface area contributed by atoms with Crippen molar-refractivity contribution >= 4 is 5.78 Å². The average Bonchev–Trinajstić information content (AvgIpc) is 2.28. The topological polar surface area (TPSA) is 26.3 Å². The van der Waals surface area contributed by atoms with Gasteiger partial charge in [-0.2, -0.15) is 0 Å². The molecule has 1 rings (SSSR count). The molecule has 2 nitrogen and oxygen atoms in total. The molecule has 0 fully saturated rings. The van der Waals surface area contributed by atoms with Gasteiger partial charge in [0.25, 0.3) is 0 Å². The third-order valence-electron chi connectivity index (χ3n) is 3.03. The Morgan fingerprint density at radius 3 is 2.50 bits per heavy atom. The second kappa shape index (κ2) is 7.20. The lowest BCUT2D eigenvalue weighted by Gasteiger charge is -2.13. The van der Waals surface area contributed by atoms with Crippen LogP contribution in [0.1, 0.15) is 39.2 Å². The highest BCUT2D eigenvalue weighted by atomic mass is 16.5. The van der Waals surface area contributed by atoms with E-state index < -0.39 is 0 Å². The molecule has 1 unspecified atom stereocenters. The van der Waals surface area contributed by atoms with E-state index in [2.05, 4.69) is 20.8 Å². The number of carbonyl (C=O) groups excluding carboxylic acids is 1. The van der Waals surface area contributed by atoms with Gasteiger partial charge < -0.3 is 4.74 Å². The van der Waals surface area contributed by atoms with Gasteiger partial charge in [-0.25, -0.2) is 0 Å². The molecule has 0 saturated heterocycles. The van der Waals surface area contributed by atoms with E-state index in [4.69, 9.17) is 4.74 Å². The monoisotopic (exact) mass is 248 g/mol. The zero-order valence-electron chi connectivity index (χ0n) is 11.9. The number of methoxy groups -OCH3 is 1. The van der Waals surface area contributed by atoms with Crippen LogP contribution in [0.2, 0.25) is 0 Å². The Labute approximate surface area is 110 Å². The molecule has 0 amide bonds. The van der Waals surface area contributed by atoms with Gasteiger partial charge in [0.15, 0.2) is 0 Å². The van der Waals surface area contributed by atoms with Gasteiger partial charge in [-0.15, -0.1) is 0 Å². The van der Waals surface area contributed by atoms with E-state index in [0.29, 0.717) is 30.5 Å². The summed E-state index contributed by atoms with van der Waals surface area (Å²) in [5.41, 5.74) is 0.988. The zero-order valence-corrected chi connectivity index (χ0v) is 11.9. The van der Waals surface area contributed by atoms with Crippen LogP contribution in [0.4, 0.5) is 0 Å². The molecular weight excluding hydrogens is 224 g/mol. The molecule has 0 radical (unpaired) electrons. The highest BCUT2D eigenvalue weighted by Gasteiger charge is 2.13. The average molecular weight is 248 g/mol. The van der Waals surface area contributed by atoms with Crippen LogP contribution >= 0.6 is 0 Å². The van der Waals surface area contributed by atoms with Gasteiger partial charge in [-0.05, 0) is 24.3 Å². The third-order valence-corrected chi connectivity index (χ3v) is 3.03. The van der Waals surface area contributed by atoms with E-state index in [0.717, 1.165) is 17.7 Å². The predicted octanol–water partition coefficient (Wildman–Crippen LogP) is 3.88. The molecule has 2 heteroatoms. The molecule has 0 saturated carbocycles. The van der Waals surface area contributed by atoms with Crippen molar-refractivity contribution in [2.24, 2.45) is 11.8 Å². The maximum absolute atomic E-state index is 12.0. The van der Waals surface area contributed by atoms with E-state index in [1.165, 1.54) is 0 Å². The molecule has 0 N–H and O–H groups in total. The summed E-state index contributed by atoms with van der Waals surface area (Å²) in [4.78, 5) is 12.0. The van der Waals surface area contributed by atoms with Crippen molar-refractivity contribution in [1.82, 2.24) is 0 Å². The second-order valence-corrected chi connectivity index (χ2v) is 5.47. The molecule has 0 spiro atoms. The molecule has 0 aliphatic carbocycles. The van der Waals surface area contributed by atoms with E-state index in [-0.39, 0.29) is 0 Å². The lowest BCUT2D eigenvalue weighted by Crippen LogP contribution is -2.10. The maximum atomic E-state index is 12.0. The van der Waals surface area contributed by atoms with Crippen LogP contribution in [0.25, 0.3) is 0 Å². The Hall–Kier alpha value is -1.31. The number of carbonyl (C=O) groups is 1. The van der Waals surface area contributed by atoms with Crippen molar-refractivity contribution in [3.8, 4) is 5.75 Å². The summed E-state index contributed by atoms with van der Waals surface area (Å²) in [7, 11) is 1.64. The third kappa shape index (κ3) is 4.91. The van der Waals surface area contributed by atoms with Crippen molar-refractivity contribution in [2.75, 3.05) is 7.11 Å². The lowest BCUT2D eigenvalue weighted by molar-refractivity contribution is -0.119. The van der Waals surface area contributed by atoms with Crippen LogP contribution in [0.3, 0.4) is 0 Å². The van der Waals surface area contributed by atoms with E-state index >= 15 is 0 Å². The van der Waals surface area contributed by atoms with Gasteiger partial charge in [0, 0.05) is 18.4 Å². The maximum Gasteiger partial charge on any atom is 0.137 e. The molecule has 0 heterocycles. The first kappa shape index (κ1) is 14.7. The normalized spacial score (nSPS) is 12.5. The quantitative estimate of drug-likeness (QED) is 0.732. The summed E-state index contributed by atoms with van der Waals surface area (Å²) in [6, 6.07) is 7.74. The van der Waals surface area contributed by atoms with Crippen LogP contribution in [-0.2, 0) is 11.2 Å². The fourth-order valence-corrected chi connectivity index (χ4v) is 2.41. The van der Waals surface area contributed by atoms with Crippen molar-refractivity contribution in [2.45, 2.75) is 40.0 Å². The Morgan fingerprint density at radius 1 is 1.22 bits per heavy atom. The van der Waals surface area contributed by atoms with E-state index in [1.807, 2.05) is 24.3 Å². The van der Waals surface area contributed by atoms with Crippen LogP contribution in [0.15, 0.2) is 24.3 Å². The minimum absolute atomic E-state index is 0.299. The minimum atomic E-state index is 0.299. The fraction of sp³-hybridized carbons (Fsp3) is 0.562. The Kier molecular flexibility index (Phi) is 5.90. The standard InChI is InChI=1S/C16H24O2/c1-12(2)9-13(3)10-15(17)11-14-7-5-6-8-16(14)18-4/h5-8,12-13H,9-11H2,1-4H3. The van der Waals surface area contributed by atoms with Crippen molar-refractivity contribution < 1.29 is 9.53 Å². The number of hydrogen-bond donors (Lipinski definition) is 0. The predicted molar refractivity (Wildman–Crippen MR) is 74.9 cm³/mol. The number of benzene rings is 1. The van der Waals surface area contributed by atoms with Crippen molar-refractivity contribution in [3.63, 3.8) is 0 Å². The fourth-order valence-electron chi connectivity index (χ4n) is 2.41. The summed E-state index contributed by atoms with van der Waals surface area (Å²) in [6.45, 7) is 6.54. The Morgan fingerprint density at radius 2 is 1.89 bits per heavy atom.